The van der Waals surface area contributed by atoms with Crippen molar-refractivity contribution in [2.45, 2.75) is 6.42 Å². The first kappa shape index (κ1) is 11.3. The maximum Gasteiger partial charge on any atom is 0.229 e. The van der Waals surface area contributed by atoms with Crippen molar-refractivity contribution in [3.63, 3.8) is 0 Å². The summed E-state index contributed by atoms with van der Waals surface area (Å²) < 4.78 is 0.753. The molecule has 0 aliphatic heterocycles. The molecule has 1 amide bonds. The molecule has 82 valence electrons. The normalized spacial score (nSPS) is 10.1. The van der Waals surface area contributed by atoms with Crippen molar-refractivity contribution in [1.29, 1.82) is 0 Å². The van der Waals surface area contributed by atoms with Crippen molar-refractivity contribution in [3.8, 4) is 0 Å². The summed E-state index contributed by atoms with van der Waals surface area (Å²) in [6.07, 6.45) is 2.03. The molecule has 0 atom stereocenters. The Kier molecular flexibility index (Phi) is 3.69. The molecule has 0 spiro atoms. The van der Waals surface area contributed by atoms with E-state index in [-0.39, 0.29) is 5.91 Å². The summed E-state index contributed by atoms with van der Waals surface area (Å²) in [5, 5.41) is 4.75. The fourth-order valence-electron chi connectivity index (χ4n) is 1.23. The van der Waals surface area contributed by atoms with Crippen LogP contribution >= 0.6 is 27.3 Å². The molecule has 0 bridgehead atoms. The fourth-order valence-corrected chi connectivity index (χ4v) is 2.16. The second kappa shape index (κ2) is 5.23. The standard InChI is InChI=1S/C11H9BrN2OS/c12-10-4-3-8(7-13-10)14-11(15)6-9-2-1-5-16-9/h1-5,7H,6H2,(H,14,15). The number of anilines is 1. The molecule has 5 heteroatoms. The minimum Gasteiger partial charge on any atom is -0.324 e. The lowest BCUT2D eigenvalue weighted by molar-refractivity contribution is -0.115. The molecule has 2 heterocycles. The summed E-state index contributed by atoms with van der Waals surface area (Å²) in [6, 6.07) is 7.49. The van der Waals surface area contributed by atoms with Gasteiger partial charge in [0.1, 0.15) is 4.60 Å². The zero-order valence-electron chi connectivity index (χ0n) is 8.31. The predicted octanol–water partition coefficient (Wildman–Crippen LogP) is 3.09. The highest BCUT2D eigenvalue weighted by molar-refractivity contribution is 9.10. The van der Waals surface area contributed by atoms with E-state index in [1.165, 1.54) is 0 Å². The number of carbonyl (C=O) groups is 1. The van der Waals surface area contributed by atoms with Crippen molar-refractivity contribution < 1.29 is 4.79 Å². The first-order valence-corrected chi connectivity index (χ1v) is 6.35. The number of pyridine rings is 1. The summed E-state index contributed by atoms with van der Waals surface area (Å²) >= 11 is 4.82. The maximum atomic E-state index is 11.6. The Morgan fingerprint density at radius 3 is 2.94 bits per heavy atom. The molecule has 0 saturated heterocycles. The summed E-state index contributed by atoms with van der Waals surface area (Å²) in [6.45, 7) is 0. The van der Waals surface area contributed by atoms with E-state index in [9.17, 15) is 4.79 Å². The van der Waals surface area contributed by atoms with Gasteiger partial charge in [0, 0.05) is 4.88 Å². The number of aromatic nitrogens is 1. The van der Waals surface area contributed by atoms with E-state index in [0.717, 1.165) is 9.48 Å². The Hall–Kier alpha value is -1.20. The molecule has 3 nitrogen and oxygen atoms in total. The Labute approximate surface area is 106 Å². The topological polar surface area (TPSA) is 42.0 Å². The molecule has 0 saturated carbocycles. The Morgan fingerprint density at radius 1 is 1.44 bits per heavy atom. The molecule has 2 aromatic heterocycles. The molecule has 0 aliphatic rings. The van der Waals surface area contributed by atoms with E-state index in [2.05, 4.69) is 26.2 Å². The highest BCUT2D eigenvalue weighted by atomic mass is 79.9. The highest BCUT2D eigenvalue weighted by Gasteiger charge is 2.04. The Bertz CT molecular complexity index is 467. The van der Waals surface area contributed by atoms with E-state index in [4.69, 9.17) is 0 Å². The number of carbonyl (C=O) groups excluding carboxylic acids is 1. The van der Waals surface area contributed by atoms with Gasteiger partial charge in [-0.25, -0.2) is 4.98 Å². The fraction of sp³-hybridized carbons (Fsp3) is 0.0909. The van der Waals surface area contributed by atoms with Crippen LogP contribution in [0.25, 0.3) is 0 Å². The van der Waals surface area contributed by atoms with Gasteiger partial charge in [-0.05, 0) is 39.5 Å². The van der Waals surface area contributed by atoms with Crippen molar-refractivity contribution >= 4 is 38.9 Å². The molecule has 0 radical (unpaired) electrons. The minimum absolute atomic E-state index is 0.0217. The van der Waals surface area contributed by atoms with Gasteiger partial charge in [-0.2, -0.15) is 0 Å². The Balaban J connectivity index is 1.95. The molecule has 0 aliphatic carbocycles. The van der Waals surface area contributed by atoms with Crippen LogP contribution in [0.4, 0.5) is 5.69 Å². The van der Waals surface area contributed by atoms with Crippen molar-refractivity contribution in [1.82, 2.24) is 4.98 Å². The van der Waals surface area contributed by atoms with Gasteiger partial charge in [-0.1, -0.05) is 6.07 Å². The lowest BCUT2D eigenvalue weighted by atomic mass is 10.3. The second-order valence-electron chi connectivity index (χ2n) is 3.17. The third-order valence-corrected chi connectivity index (χ3v) is 3.27. The zero-order chi connectivity index (χ0) is 11.4. The van der Waals surface area contributed by atoms with Gasteiger partial charge < -0.3 is 5.32 Å². The largest absolute Gasteiger partial charge is 0.324 e. The molecular weight excluding hydrogens is 288 g/mol. The summed E-state index contributed by atoms with van der Waals surface area (Å²) in [4.78, 5) is 16.7. The van der Waals surface area contributed by atoms with Crippen LogP contribution in [0.2, 0.25) is 0 Å². The van der Waals surface area contributed by atoms with Crippen molar-refractivity contribution in [2.75, 3.05) is 5.32 Å². The lowest BCUT2D eigenvalue weighted by Gasteiger charge is -2.03. The van der Waals surface area contributed by atoms with Crippen LogP contribution < -0.4 is 5.32 Å². The first-order valence-electron chi connectivity index (χ1n) is 4.68. The summed E-state index contributed by atoms with van der Waals surface area (Å²) in [5.41, 5.74) is 0.713. The molecule has 2 aromatic rings. The highest BCUT2D eigenvalue weighted by Crippen LogP contribution is 2.13. The third kappa shape index (κ3) is 3.15. The summed E-state index contributed by atoms with van der Waals surface area (Å²) in [5.74, 6) is -0.0217. The van der Waals surface area contributed by atoms with Crippen LogP contribution in [-0.4, -0.2) is 10.9 Å². The van der Waals surface area contributed by atoms with Crippen LogP contribution in [0.15, 0.2) is 40.4 Å². The zero-order valence-corrected chi connectivity index (χ0v) is 10.7. The van der Waals surface area contributed by atoms with E-state index < -0.39 is 0 Å². The number of hydrogen-bond donors (Lipinski definition) is 1. The van der Waals surface area contributed by atoms with Gasteiger partial charge in [0.05, 0.1) is 18.3 Å². The van der Waals surface area contributed by atoms with Crippen LogP contribution in [0.5, 0.6) is 0 Å². The van der Waals surface area contributed by atoms with Crippen LogP contribution in [-0.2, 0) is 11.2 Å². The van der Waals surface area contributed by atoms with Crippen LogP contribution in [0.1, 0.15) is 4.88 Å². The monoisotopic (exact) mass is 296 g/mol. The van der Waals surface area contributed by atoms with E-state index in [1.54, 1.807) is 23.6 Å². The SMILES string of the molecule is O=C(Cc1cccs1)Nc1ccc(Br)nc1. The number of hydrogen-bond acceptors (Lipinski definition) is 3. The number of thiophene rings is 1. The van der Waals surface area contributed by atoms with Gasteiger partial charge in [-0.3, -0.25) is 4.79 Å². The van der Waals surface area contributed by atoms with Gasteiger partial charge in [-0.15, -0.1) is 11.3 Å². The smallest absolute Gasteiger partial charge is 0.229 e. The average Bonchev–Trinajstić information content (AvgIpc) is 2.74. The summed E-state index contributed by atoms with van der Waals surface area (Å²) in [7, 11) is 0. The van der Waals surface area contributed by atoms with Gasteiger partial charge in [0.15, 0.2) is 0 Å². The number of halogens is 1. The van der Waals surface area contributed by atoms with Crippen LogP contribution in [0.3, 0.4) is 0 Å². The minimum atomic E-state index is -0.0217. The average molecular weight is 297 g/mol. The molecule has 16 heavy (non-hydrogen) atoms. The number of rotatable bonds is 3. The van der Waals surface area contributed by atoms with Gasteiger partial charge in [0.25, 0.3) is 0 Å². The van der Waals surface area contributed by atoms with Crippen LogP contribution in [0, 0.1) is 0 Å². The molecular formula is C11H9BrN2OS. The maximum absolute atomic E-state index is 11.6. The number of amides is 1. The molecule has 2 rings (SSSR count). The second-order valence-corrected chi connectivity index (χ2v) is 5.02. The van der Waals surface area contributed by atoms with Gasteiger partial charge >= 0.3 is 0 Å². The van der Waals surface area contributed by atoms with E-state index in [0.29, 0.717) is 12.1 Å². The van der Waals surface area contributed by atoms with Crippen molar-refractivity contribution in [3.05, 3.63) is 45.3 Å². The van der Waals surface area contributed by atoms with E-state index in [1.807, 2.05) is 23.6 Å². The molecule has 0 fully saturated rings. The first-order chi connectivity index (χ1) is 7.74. The third-order valence-electron chi connectivity index (χ3n) is 1.93. The molecule has 1 N–H and O–H groups in total. The van der Waals surface area contributed by atoms with E-state index >= 15 is 0 Å². The molecule has 0 unspecified atom stereocenters. The Morgan fingerprint density at radius 2 is 2.31 bits per heavy atom. The predicted molar refractivity (Wildman–Crippen MR) is 68.6 cm³/mol. The van der Waals surface area contributed by atoms with Crippen molar-refractivity contribution in [2.24, 2.45) is 0 Å². The molecule has 0 aromatic carbocycles. The number of nitrogens with zero attached hydrogens (tertiary/aromatic N) is 1. The number of nitrogens with one attached hydrogen (secondary N) is 1. The lowest BCUT2D eigenvalue weighted by Crippen LogP contribution is -2.13. The quantitative estimate of drug-likeness (QED) is 0.885. The van der Waals surface area contributed by atoms with Gasteiger partial charge in [0.2, 0.25) is 5.91 Å².